The molecule has 55 heavy (non-hydrogen) atoms. The molecule has 0 N–H and O–H groups in total. The lowest BCUT2D eigenvalue weighted by Gasteiger charge is -2.25. The standard InChI is InChI=1S/C52H41N3/c1-52(2)47-24-14-12-22-42(47)45-33-38(27-29-48(45)52)44(37-16-6-3-7-17-37)32-36-26-31-51(53-35-36)54(39-18-8-4-9-19-39)41-28-30-50-46(34-41)43-23-13-15-25-49(43)55(50)40-20-10-5-11-21-40/h3-31,33-35,44H,32H2,1-2H3. The summed E-state index contributed by atoms with van der Waals surface area (Å²) in [6, 6.07) is 68.1. The van der Waals surface area contributed by atoms with E-state index in [1.54, 1.807) is 0 Å². The molecular formula is C52H41N3. The molecule has 264 valence electrons. The van der Waals surface area contributed by atoms with Gasteiger partial charge < -0.3 is 4.57 Å². The molecular weight excluding hydrogens is 667 g/mol. The van der Waals surface area contributed by atoms with Gasteiger partial charge >= 0.3 is 0 Å². The molecule has 0 spiro atoms. The first-order valence-corrected chi connectivity index (χ1v) is 19.2. The van der Waals surface area contributed by atoms with E-state index in [-0.39, 0.29) is 11.3 Å². The van der Waals surface area contributed by atoms with Gasteiger partial charge in [-0.2, -0.15) is 0 Å². The molecule has 1 aliphatic carbocycles. The molecule has 1 atom stereocenters. The van der Waals surface area contributed by atoms with E-state index in [0.29, 0.717) is 0 Å². The van der Waals surface area contributed by atoms with Crippen molar-refractivity contribution in [3.8, 4) is 16.8 Å². The van der Waals surface area contributed by atoms with Gasteiger partial charge in [0.1, 0.15) is 5.82 Å². The Hall–Kier alpha value is -6.71. The Morgan fingerprint density at radius 2 is 1.20 bits per heavy atom. The number of anilines is 3. The molecule has 2 heterocycles. The molecule has 2 aromatic heterocycles. The van der Waals surface area contributed by atoms with Crippen LogP contribution in [-0.4, -0.2) is 9.55 Å². The third kappa shape index (κ3) is 5.63. The number of aromatic nitrogens is 2. The highest BCUT2D eigenvalue weighted by atomic mass is 15.2. The summed E-state index contributed by atoms with van der Waals surface area (Å²) in [7, 11) is 0. The van der Waals surface area contributed by atoms with Crippen LogP contribution in [0.25, 0.3) is 38.6 Å². The normalized spacial score (nSPS) is 13.4. The summed E-state index contributed by atoms with van der Waals surface area (Å²) in [5, 5.41) is 2.44. The van der Waals surface area contributed by atoms with Gasteiger partial charge in [-0.3, -0.25) is 4.90 Å². The minimum Gasteiger partial charge on any atom is -0.309 e. The lowest BCUT2D eigenvalue weighted by Crippen LogP contribution is -2.15. The van der Waals surface area contributed by atoms with Crippen molar-refractivity contribution in [3.63, 3.8) is 0 Å². The molecule has 1 unspecified atom stereocenters. The zero-order chi connectivity index (χ0) is 36.9. The maximum Gasteiger partial charge on any atom is 0.137 e. The Morgan fingerprint density at radius 3 is 1.98 bits per heavy atom. The summed E-state index contributed by atoms with van der Waals surface area (Å²) in [4.78, 5) is 7.46. The van der Waals surface area contributed by atoms with Crippen LogP contribution in [-0.2, 0) is 11.8 Å². The van der Waals surface area contributed by atoms with Crippen LogP contribution in [0.2, 0.25) is 0 Å². The van der Waals surface area contributed by atoms with Gasteiger partial charge in [-0.25, -0.2) is 4.98 Å². The number of benzene rings is 7. The van der Waals surface area contributed by atoms with E-state index in [2.05, 4.69) is 218 Å². The van der Waals surface area contributed by atoms with E-state index in [9.17, 15) is 0 Å². The van der Waals surface area contributed by atoms with Crippen LogP contribution in [0.15, 0.2) is 194 Å². The molecule has 0 bridgehead atoms. The number of nitrogens with zero attached hydrogens (tertiary/aromatic N) is 3. The van der Waals surface area contributed by atoms with Gasteiger partial charge in [-0.15, -0.1) is 0 Å². The number of fused-ring (bicyclic) bond motifs is 6. The van der Waals surface area contributed by atoms with Gasteiger partial charge in [-0.1, -0.05) is 147 Å². The summed E-state index contributed by atoms with van der Waals surface area (Å²) in [5.41, 5.74) is 15.0. The number of para-hydroxylation sites is 3. The molecule has 3 heteroatoms. The average molecular weight is 708 g/mol. The summed E-state index contributed by atoms with van der Waals surface area (Å²) < 4.78 is 2.36. The topological polar surface area (TPSA) is 21.1 Å². The third-order valence-electron chi connectivity index (χ3n) is 11.6. The SMILES string of the molecule is CC1(C)c2ccccc2-c2cc(C(Cc3ccc(N(c4ccccc4)c4ccc5c(c4)c4ccccc4n5-c4ccccc4)nc3)c3ccccc3)ccc21. The molecule has 0 radical (unpaired) electrons. The second-order valence-corrected chi connectivity index (χ2v) is 15.2. The molecule has 0 fully saturated rings. The van der Waals surface area contributed by atoms with Crippen LogP contribution in [0.3, 0.4) is 0 Å². The molecule has 0 aliphatic heterocycles. The highest BCUT2D eigenvalue weighted by Gasteiger charge is 2.35. The van der Waals surface area contributed by atoms with Crippen LogP contribution >= 0.6 is 0 Å². The quantitative estimate of drug-likeness (QED) is 0.157. The van der Waals surface area contributed by atoms with Crippen LogP contribution in [0.4, 0.5) is 17.2 Å². The lowest BCUT2D eigenvalue weighted by atomic mass is 9.81. The molecule has 0 saturated carbocycles. The molecule has 7 aromatic carbocycles. The van der Waals surface area contributed by atoms with E-state index in [1.807, 2.05) is 0 Å². The van der Waals surface area contributed by atoms with Gasteiger partial charge in [0.25, 0.3) is 0 Å². The average Bonchev–Trinajstić information content (AvgIpc) is 3.69. The zero-order valence-corrected chi connectivity index (χ0v) is 31.1. The summed E-state index contributed by atoms with van der Waals surface area (Å²) >= 11 is 0. The van der Waals surface area contributed by atoms with Gasteiger partial charge in [-0.05, 0) is 100.0 Å². The van der Waals surface area contributed by atoms with Crippen molar-refractivity contribution in [1.82, 2.24) is 9.55 Å². The smallest absolute Gasteiger partial charge is 0.137 e. The largest absolute Gasteiger partial charge is 0.309 e. The van der Waals surface area contributed by atoms with E-state index in [0.717, 1.165) is 29.3 Å². The van der Waals surface area contributed by atoms with Crippen molar-refractivity contribution in [2.75, 3.05) is 4.90 Å². The fourth-order valence-corrected chi connectivity index (χ4v) is 8.92. The predicted molar refractivity (Wildman–Crippen MR) is 229 cm³/mol. The second kappa shape index (κ2) is 13.3. The van der Waals surface area contributed by atoms with Crippen molar-refractivity contribution in [3.05, 3.63) is 222 Å². The summed E-state index contributed by atoms with van der Waals surface area (Å²) in [5.74, 6) is 1.07. The van der Waals surface area contributed by atoms with Crippen molar-refractivity contribution < 1.29 is 0 Å². The van der Waals surface area contributed by atoms with Crippen molar-refractivity contribution in [1.29, 1.82) is 0 Å². The van der Waals surface area contributed by atoms with Gasteiger partial charge in [0.05, 0.1) is 11.0 Å². The predicted octanol–water partition coefficient (Wildman–Crippen LogP) is 13.3. The van der Waals surface area contributed by atoms with Crippen LogP contribution in [0.5, 0.6) is 0 Å². The van der Waals surface area contributed by atoms with E-state index in [1.165, 1.54) is 60.8 Å². The first-order chi connectivity index (χ1) is 27.0. The molecule has 0 amide bonds. The van der Waals surface area contributed by atoms with Crippen LogP contribution < -0.4 is 4.90 Å². The molecule has 10 rings (SSSR count). The lowest BCUT2D eigenvalue weighted by molar-refractivity contribution is 0.659. The minimum atomic E-state index is -0.0133. The number of pyridine rings is 1. The zero-order valence-electron chi connectivity index (χ0n) is 31.1. The Balaban J connectivity index is 1.03. The van der Waals surface area contributed by atoms with E-state index >= 15 is 0 Å². The molecule has 9 aromatic rings. The third-order valence-corrected chi connectivity index (χ3v) is 11.6. The van der Waals surface area contributed by atoms with E-state index in [4.69, 9.17) is 4.98 Å². The van der Waals surface area contributed by atoms with Gasteiger partial charge in [0.2, 0.25) is 0 Å². The molecule has 0 saturated heterocycles. The Labute approximate surface area is 322 Å². The first kappa shape index (κ1) is 32.9. The monoisotopic (exact) mass is 707 g/mol. The second-order valence-electron chi connectivity index (χ2n) is 15.2. The molecule has 1 aliphatic rings. The fourth-order valence-electron chi connectivity index (χ4n) is 8.92. The number of hydrogen-bond acceptors (Lipinski definition) is 2. The minimum absolute atomic E-state index is 0.0133. The highest BCUT2D eigenvalue weighted by molar-refractivity contribution is 6.10. The van der Waals surface area contributed by atoms with Gasteiger partial charge in [0, 0.05) is 45.4 Å². The van der Waals surface area contributed by atoms with Crippen LogP contribution in [0.1, 0.15) is 47.6 Å². The number of rotatable bonds is 8. The van der Waals surface area contributed by atoms with Gasteiger partial charge in [0.15, 0.2) is 0 Å². The van der Waals surface area contributed by atoms with Crippen molar-refractivity contribution in [2.45, 2.75) is 31.6 Å². The van der Waals surface area contributed by atoms with Crippen molar-refractivity contribution in [2.24, 2.45) is 0 Å². The summed E-state index contributed by atoms with van der Waals surface area (Å²) in [6.07, 6.45) is 2.92. The Kier molecular flexibility index (Phi) is 7.96. The maximum absolute atomic E-state index is 5.19. The highest BCUT2D eigenvalue weighted by Crippen LogP contribution is 2.49. The van der Waals surface area contributed by atoms with E-state index < -0.39 is 0 Å². The van der Waals surface area contributed by atoms with Crippen LogP contribution in [0, 0.1) is 0 Å². The maximum atomic E-state index is 5.19. The fraction of sp³-hybridized carbons (Fsp3) is 0.0962. The first-order valence-electron chi connectivity index (χ1n) is 19.2. The Morgan fingerprint density at radius 1 is 0.527 bits per heavy atom. The summed E-state index contributed by atoms with van der Waals surface area (Å²) in [6.45, 7) is 4.69. The molecule has 3 nitrogen and oxygen atoms in total. The number of hydrogen-bond donors (Lipinski definition) is 0. The Bertz CT molecular complexity index is 2800. The van der Waals surface area contributed by atoms with Crippen molar-refractivity contribution >= 4 is 39.0 Å².